The van der Waals surface area contributed by atoms with Crippen molar-refractivity contribution in [1.82, 2.24) is 9.88 Å². The Kier molecular flexibility index (Phi) is 5.97. The van der Waals surface area contributed by atoms with Gasteiger partial charge in [0, 0.05) is 24.0 Å². The highest BCUT2D eigenvalue weighted by molar-refractivity contribution is 6.05. The number of benzene rings is 2. The zero-order valence-corrected chi connectivity index (χ0v) is 17.5. The molecule has 0 aliphatic heterocycles. The normalized spacial score (nSPS) is 11.0. The van der Waals surface area contributed by atoms with Crippen LogP contribution in [0.3, 0.4) is 0 Å². The Hall–Kier alpha value is -3.21. The third kappa shape index (κ3) is 4.45. The molecule has 0 N–H and O–H groups in total. The van der Waals surface area contributed by atoms with Gasteiger partial charge in [0.05, 0.1) is 16.8 Å². The van der Waals surface area contributed by atoms with E-state index in [9.17, 15) is 9.59 Å². The standard InChI is InChI=1S/C24H26N2O3/c1-15(2)26(5)23(27)14-29-24(28)20-13-22(18-11-10-16(3)12-17(18)4)25-21-9-7-6-8-19(20)21/h6-13,15H,14H2,1-5H3. The van der Waals surface area contributed by atoms with Crippen LogP contribution in [-0.2, 0) is 9.53 Å². The van der Waals surface area contributed by atoms with Crippen molar-refractivity contribution in [1.29, 1.82) is 0 Å². The summed E-state index contributed by atoms with van der Waals surface area (Å²) in [4.78, 5) is 31.3. The summed E-state index contributed by atoms with van der Waals surface area (Å²) >= 11 is 0. The third-order valence-electron chi connectivity index (χ3n) is 5.09. The van der Waals surface area contributed by atoms with Crippen molar-refractivity contribution < 1.29 is 14.3 Å². The van der Waals surface area contributed by atoms with E-state index in [-0.39, 0.29) is 18.6 Å². The van der Waals surface area contributed by atoms with Crippen LogP contribution < -0.4 is 0 Å². The lowest BCUT2D eigenvalue weighted by Crippen LogP contribution is -2.36. The lowest BCUT2D eigenvalue weighted by atomic mass is 9.99. The maximum atomic E-state index is 12.9. The topological polar surface area (TPSA) is 59.5 Å². The molecule has 5 nitrogen and oxygen atoms in total. The number of esters is 1. The summed E-state index contributed by atoms with van der Waals surface area (Å²) < 4.78 is 5.35. The van der Waals surface area contributed by atoms with Crippen LogP contribution in [0.15, 0.2) is 48.5 Å². The largest absolute Gasteiger partial charge is 0.452 e. The van der Waals surface area contributed by atoms with Crippen molar-refractivity contribution in [2.45, 2.75) is 33.7 Å². The highest BCUT2D eigenvalue weighted by Gasteiger charge is 2.19. The molecule has 0 spiro atoms. The molecule has 0 aliphatic carbocycles. The van der Waals surface area contributed by atoms with Gasteiger partial charge in [0.2, 0.25) is 0 Å². The van der Waals surface area contributed by atoms with Crippen LogP contribution in [0.1, 0.15) is 35.3 Å². The Bertz CT molecular complexity index is 1070. The SMILES string of the molecule is Cc1ccc(-c2cc(C(=O)OCC(=O)N(C)C(C)C)c3ccccc3n2)c(C)c1. The van der Waals surface area contributed by atoms with Crippen molar-refractivity contribution in [3.8, 4) is 11.3 Å². The number of para-hydroxylation sites is 1. The van der Waals surface area contributed by atoms with Gasteiger partial charge in [0.15, 0.2) is 6.61 Å². The summed E-state index contributed by atoms with van der Waals surface area (Å²) in [5.74, 6) is -0.763. The summed E-state index contributed by atoms with van der Waals surface area (Å²) in [6, 6.07) is 15.4. The molecule has 0 atom stereocenters. The number of nitrogens with zero attached hydrogens (tertiary/aromatic N) is 2. The summed E-state index contributed by atoms with van der Waals surface area (Å²) in [6.07, 6.45) is 0. The molecule has 0 unspecified atom stereocenters. The van der Waals surface area contributed by atoms with Crippen molar-refractivity contribution in [2.24, 2.45) is 0 Å². The summed E-state index contributed by atoms with van der Waals surface area (Å²) in [5, 5.41) is 0.704. The first kappa shape index (κ1) is 20.5. The molecule has 0 aliphatic rings. The number of aryl methyl sites for hydroxylation is 2. The van der Waals surface area contributed by atoms with E-state index in [0.717, 1.165) is 11.1 Å². The number of carbonyl (C=O) groups excluding carboxylic acids is 2. The van der Waals surface area contributed by atoms with Gasteiger partial charge in [-0.3, -0.25) is 4.79 Å². The average Bonchev–Trinajstić information content (AvgIpc) is 2.70. The molecular formula is C24H26N2O3. The van der Waals surface area contributed by atoms with Gasteiger partial charge in [-0.2, -0.15) is 0 Å². The fraction of sp³-hybridized carbons (Fsp3) is 0.292. The first-order valence-corrected chi connectivity index (χ1v) is 9.68. The highest BCUT2D eigenvalue weighted by atomic mass is 16.5. The predicted molar refractivity (Wildman–Crippen MR) is 115 cm³/mol. The van der Waals surface area contributed by atoms with E-state index in [1.54, 1.807) is 18.0 Å². The molecule has 0 bridgehead atoms. The number of hydrogen-bond donors (Lipinski definition) is 0. The zero-order chi connectivity index (χ0) is 21.1. The number of amides is 1. The molecule has 1 aromatic heterocycles. The third-order valence-corrected chi connectivity index (χ3v) is 5.09. The van der Waals surface area contributed by atoms with E-state index in [4.69, 9.17) is 9.72 Å². The maximum Gasteiger partial charge on any atom is 0.339 e. The molecule has 150 valence electrons. The Balaban J connectivity index is 1.98. The second-order valence-electron chi connectivity index (χ2n) is 7.57. The van der Waals surface area contributed by atoms with E-state index in [2.05, 4.69) is 6.07 Å². The molecule has 29 heavy (non-hydrogen) atoms. The Morgan fingerprint density at radius 3 is 2.48 bits per heavy atom. The molecule has 1 heterocycles. The Morgan fingerprint density at radius 2 is 1.79 bits per heavy atom. The molecule has 1 amide bonds. The molecule has 0 saturated heterocycles. The zero-order valence-electron chi connectivity index (χ0n) is 17.5. The Morgan fingerprint density at radius 1 is 1.07 bits per heavy atom. The molecule has 3 aromatic rings. The highest BCUT2D eigenvalue weighted by Crippen LogP contribution is 2.28. The van der Waals surface area contributed by atoms with Gasteiger partial charge < -0.3 is 9.64 Å². The number of carbonyl (C=O) groups is 2. The second-order valence-corrected chi connectivity index (χ2v) is 7.57. The van der Waals surface area contributed by atoms with Crippen molar-refractivity contribution in [3.05, 3.63) is 65.2 Å². The minimum Gasteiger partial charge on any atom is -0.452 e. The summed E-state index contributed by atoms with van der Waals surface area (Å²) in [5.41, 5.74) is 5.04. The van der Waals surface area contributed by atoms with Gasteiger partial charge in [-0.1, -0.05) is 42.0 Å². The smallest absolute Gasteiger partial charge is 0.339 e. The van der Waals surface area contributed by atoms with Gasteiger partial charge in [0.1, 0.15) is 0 Å². The number of pyridine rings is 1. The van der Waals surface area contributed by atoms with E-state index in [1.807, 2.05) is 64.1 Å². The molecular weight excluding hydrogens is 364 g/mol. The van der Waals surface area contributed by atoms with E-state index in [0.29, 0.717) is 22.2 Å². The first-order chi connectivity index (χ1) is 13.8. The maximum absolute atomic E-state index is 12.9. The fourth-order valence-electron chi connectivity index (χ4n) is 3.18. The number of hydrogen-bond acceptors (Lipinski definition) is 4. The monoisotopic (exact) mass is 390 g/mol. The lowest BCUT2D eigenvalue weighted by Gasteiger charge is -2.21. The number of rotatable bonds is 5. The molecule has 5 heteroatoms. The minimum atomic E-state index is -0.528. The molecule has 0 saturated carbocycles. The quantitative estimate of drug-likeness (QED) is 0.600. The van der Waals surface area contributed by atoms with Gasteiger partial charge in [-0.05, 0) is 45.4 Å². The van der Waals surface area contributed by atoms with Crippen LogP contribution in [0, 0.1) is 13.8 Å². The fourth-order valence-corrected chi connectivity index (χ4v) is 3.18. The van der Waals surface area contributed by atoms with E-state index < -0.39 is 5.97 Å². The van der Waals surface area contributed by atoms with Gasteiger partial charge in [-0.15, -0.1) is 0 Å². The van der Waals surface area contributed by atoms with Crippen LogP contribution in [0.25, 0.3) is 22.2 Å². The van der Waals surface area contributed by atoms with Crippen LogP contribution in [0.5, 0.6) is 0 Å². The van der Waals surface area contributed by atoms with Gasteiger partial charge in [0.25, 0.3) is 5.91 Å². The number of likely N-dealkylation sites (N-methyl/N-ethyl adjacent to an activating group) is 1. The number of ether oxygens (including phenoxy) is 1. The van der Waals surface area contributed by atoms with Gasteiger partial charge >= 0.3 is 5.97 Å². The predicted octanol–water partition coefficient (Wildman–Crippen LogP) is 4.54. The number of aromatic nitrogens is 1. The second kappa shape index (κ2) is 8.43. The minimum absolute atomic E-state index is 0.0408. The Labute approximate surface area is 171 Å². The van der Waals surface area contributed by atoms with Crippen molar-refractivity contribution in [2.75, 3.05) is 13.7 Å². The average molecular weight is 390 g/mol. The van der Waals surface area contributed by atoms with Crippen molar-refractivity contribution in [3.63, 3.8) is 0 Å². The van der Waals surface area contributed by atoms with E-state index in [1.165, 1.54) is 5.56 Å². The van der Waals surface area contributed by atoms with Crippen LogP contribution >= 0.6 is 0 Å². The van der Waals surface area contributed by atoms with Crippen LogP contribution in [-0.4, -0.2) is 41.5 Å². The summed E-state index contributed by atoms with van der Waals surface area (Å²) in [7, 11) is 1.70. The molecule has 2 aromatic carbocycles. The molecule has 0 radical (unpaired) electrons. The first-order valence-electron chi connectivity index (χ1n) is 9.68. The van der Waals surface area contributed by atoms with E-state index >= 15 is 0 Å². The van der Waals surface area contributed by atoms with Gasteiger partial charge in [-0.25, -0.2) is 9.78 Å². The molecule has 3 rings (SSSR count). The lowest BCUT2D eigenvalue weighted by molar-refractivity contribution is -0.134. The molecule has 0 fully saturated rings. The van der Waals surface area contributed by atoms with Crippen molar-refractivity contribution >= 4 is 22.8 Å². The summed E-state index contributed by atoms with van der Waals surface area (Å²) in [6.45, 7) is 7.60. The van der Waals surface area contributed by atoms with Crippen LogP contribution in [0.4, 0.5) is 0 Å². The van der Waals surface area contributed by atoms with Crippen LogP contribution in [0.2, 0.25) is 0 Å². The number of fused-ring (bicyclic) bond motifs is 1.